The third-order valence-corrected chi connectivity index (χ3v) is 2.71. The van der Waals surface area contributed by atoms with Crippen LogP contribution in [0.15, 0.2) is 0 Å². The molecular formula is C8H14ClNO. The van der Waals surface area contributed by atoms with Gasteiger partial charge >= 0.3 is 0 Å². The second-order valence-electron chi connectivity index (χ2n) is 3.12. The Bertz CT molecular complexity index is 143. The highest BCUT2D eigenvalue weighted by Crippen LogP contribution is 2.23. The zero-order valence-electron chi connectivity index (χ0n) is 6.85. The van der Waals surface area contributed by atoms with E-state index in [1.54, 1.807) is 0 Å². The van der Waals surface area contributed by atoms with Crippen LogP contribution in [0.2, 0.25) is 0 Å². The molecule has 2 nitrogen and oxygen atoms in total. The van der Waals surface area contributed by atoms with Crippen molar-refractivity contribution in [1.29, 1.82) is 0 Å². The molecule has 0 aliphatic heterocycles. The maximum Gasteiger partial charge on any atom is 0.234 e. The predicted octanol–water partition coefficient (Wildman–Crippen LogP) is 2.32. The Morgan fingerprint density at radius 3 is 2.36 bits per heavy atom. The van der Waals surface area contributed by atoms with Crippen molar-refractivity contribution in [2.24, 2.45) is 0 Å². The van der Waals surface area contributed by atoms with Gasteiger partial charge in [-0.05, 0) is 12.8 Å². The summed E-state index contributed by atoms with van der Waals surface area (Å²) >= 11 is 5.78. The van der Waals surface area contributed by atoms with Crippen molar-refractivity contribution in [3.63, 3.8) is 0 Å². The average Bonchev–Trinajstić information content (AvgIpc) is 2.05. The standard InChI is InChI=1S/C8H14ClNO/c1-7(11)10(9)8-5-3-2-4-6-8/h8H,2-6H2,1H3. The molecule has 1 saturated carbocycles. The Hall–Kier alpha value is -0.240. The lowest BCUT2D eigenvalue weighted by Gasteiger charge is -2.27. The monoisotopic (exact) mass is 175 g/mol. The molecule has 0 radical (unpaired) electrons. The normalized spacial score (nSPS) is 19.8. The van der Waals surface area contributed by atoms with Gasteiger partial charge in [-0.15, -0.1) is 0 Å². The first-order valence-corrected chi connectivity index (χ1v) is 4.51. The fourth-order valence-corrected chi connectivity index (χ4v) is 1.76. The second-order valence-corrected chi connectivity index (χ2v) is 3.49. The van der Waals surface area contributed by atoms with Crippen molar-refractivity contribution in [3.05, 3.63) is 0 Å². The molecule has 0 aromatic heterocycles. The van der Waals surface area contributed by atoms with Crippen LogP contribution in [0.5, 0.6) is 0 Å². The minimum Gasteiger partial charge on any atom is -0.274 e. The first-order valence-electron chi connectivity index (χ1n) is 4.17. The van der Waals surface area contributed by atoms with Gasteiger partial charge in [0.2, 0.25) is 5.91 Å². The fourth-order valence-electron chi connectivity index (χ4n) is 1.56. The van der Waals surface area contributed by atoms with E-state index in [2.05, 4.69) is 0 Å². The molecule has 0 spiro atoms. The van der Waals surface area contributed by atoms with Crippen LogP contribution in [0.4, 0.5) is 0 Å². The first-order chi connectivity index (χ1) is 5.22. The SMILES string of the molecule is CC(=O)N(Cl)C1CCCCC1. The van der Waals surface area contributed by atoms with E-state index in [1.165, 1.54) is 30.6 Å². The molecule has 0 unspecified atom stereocenters. The average molecular weight is 176 g/mol. The van der Waals surface area contributed by atoms with Crippen LogP contribution in [-0.4, -0.2) is 16.4 Å². The van der Waals surface area contributed by atoms with Crippen LogP contribution in [0, 0.1) is 0 Å². The van der Waals surface area contributed by atoms with E-state index < -0.39 is 0 Å². The Kier molecular flexibility index (Phi) is 3.18. The Balaban J connectivity index is 2.38. The van der Waals surface area contributed by atoms with Crippen molar-refractivity contribution in [3.8, 4) is 0 Å². The van der Waals surface area contributed by atoms with E-state index in [4.69, 9.17) is 11.8 Å². The number of nitrogens with zero attached hydrogens (tertiary/aromatic N) is 1. The largest absolute Gasteiger partial charge is 0.274 e. The number of rotatable bonds is 1. The number of hydrogen-bond donors (Lipinski definition) is 0. The van der Waals surface area contributed by atoms with E-state index in [0.29, 0.717) is 6.04 Å². The number of halogens is 1. The molecule has 3 heteroatoms. The van der Waals surface area contributed by atoms with Crippen LogP contribution in [0.3, 0.4) is 0 Å². The lowest BCUT2D eigenvalue weighted by molar-refractivity contribution is -0.126. The van der Waals surface area contributed by atoms with Crippen molar-refractivity contribution < 1.29 is 4.79 Å². The van der Waals surface area contributed by atoms with Crippen LogP contribution in [-0.2, 0) is 4.79 Å². The molecule has 1 amide bonds. The van der Waals surface area contributed by atoms with Crippen molar-refractivity contribution in [2.45, 2.75) is 45.1 Å². The van der Waals surface area contributed by atoms with Crippen LogP contribution >= 0.6 is 11.8 Å². The third kappa shape index (κ3) is 2.37. The van der Waals surface area contributed by atoms with Gasteiger partial charge in [-0.25, -0.2) is 0 Å². The molecule has 0 aromatic carbocycles. The molecule has 0 saturated heterocycles. The van der Waals surface area contributed by atoms with Gasteiger partial charge in [0.15, 0.2) is 0 Å². The van der Waals surface area contributed by atoms with E-state index in [-0.39, 0.29) is 5.91 Å². The number of amides is 1. The van der Waals surface area contributed by atoms with Gasteiger partial charge < -0.3 is 0 Å². The van der Waals surface area contributed by atoms with Crippen LogP contribution < -0.4 is 0 Å². The summed E-state index contributed by atoms with van der Waals surface area (Å²) in [5.41, 5.74) is 0. The third-order valence-electron chi connectivity index (χ3n) is 2.20. The van der Waals surface area contributed by atoms with Crippen LogP contribution in [0.1, 0.15) is 39.0 Å². The topological polar surface area (TPSA) is 20.3 Å². The maximum absolute atomic E-state index is 10.8. The minimum atomic E-state index is -0.0291. The minimum absolute atomic E-state index is 0.0291. The maximum atomic E-state index is 10.8. The molecule has 11 heavy (non-hydrogen) atoms. The van der Waals surface area contributed by atoms with Gasteiger partial charge in [0.05, 0.1) is 0 Å². The predicted molar refractivity (Wildman–Crippen MR) is 45.2 cm³/mol. The Labute approximate surface area is 72.6 Å². The smallest absolute Gasteiger partial charge is 0.234 e. The molecule has 1 aliphatic carbocycles. The van der Waals surface area contributed by atoms with Gasteiger partial charge in [-0.2, -0.15) is 0 Å². The summed E-state index contributed by atoms with van der Waals surface area (Å²) in [6.07, 6.45) is 5.85. The van der Waals surface area contributed by atoms with Crippen LogP contribution in [0.25, 0.3) is 0 Å². The van der Waals surface area contributed by atoms with Gasteiger partial charge in [0.1, 0.15) is 0 Å². The number of hydrogen-bond acceptors (Lipinski definition) is 1. The highest BCUT2D eigenvalue weighted by Gasteiger charge is 2.21. The molecule has 1 fully saturated rings. The summed E-state index contributed by atoms with van der Waals surface area (Å²) in [4.78, 5) is 10.8. The van der Waals surface area contributed by atoms with E-state index >= 15 is 0 Å². The number of carbonyl (C=O) groups is 1. The quantitative estimate of drug-likeness (QED) is 0.561. The van der Waals surface area contributed by atoms with Crippen molar-refractivity contribution in [2.75, 3.05) is 0 Å². The Morgan fingerprint density at radius 1 is 1.36 bits per heavy atom. The summed E-state index contributed by atoms with van der Waals surface area (Å²) in [6.45, 7) is 1.52. The lowest BCUT2D eigenvalue weighted by atomic mass is 9.95. The van der Waals surface area contributed by atoms with Gasteiger partial charge in [-0.1, -0.05) is 19.3 Å². The summed E-state index contributed by atoms with van der Waals surface area (Å²) in [5, 5.41) is 0. The molecule has 1 aliphatic rings. The second kappa shape index (κ2) is 3.96. The zero-order valence-corrected chi connectivity index (χ0v) is 7.60. The molecular weight excluding hydrogens is 162 g/mol. The fraction of sp³-hybridized carbons (Fsp3) is 0.875. The summed E-state index contributed by atoms with van der Waals surface area (Å²) in [5.74, 6) is -0.0291. The van der Waals surface area contributed by atoms with E-state index in [9.17, 15) is 4.79 Å². The van der Waals surface area contributed by atoms with E-state index in [0.717, 1.165) is 12.8 Å². The Morgan fingerprint density at radius 2 is 1.91 bits per heavy atom. The first kappa shape index (κ1) is 8.85. The lowest BCUT2D eigenvalue weighted by Crippen LogP contribution is -2.32. The summed E-state index contributed by atoms with van der Waals surface area (Å²) in [6, 6.07) is 0.294. The molecule has 0 bridgehead atoms. The van der Waals surface area contributed by atoms with Gasteiger partial charge in [0.25, 0.3) is 0 Å². The highest BCUT2D eigenvalue weighted by atomic mass is 35.5. The van der Waals surface area contributed by atoms with Gasteiger partial charge in [-0.3, -0.25) is 9.21 Å². The molecule has 0 aromatic rings. The summed E-state index contributed by atoms with van der Waals surface area (Å²) in [7, 11) is 0. The molecule has 1 rings (SSSR count). The highest BCUT2D eigenvalue weighted by molar-refractivity contribution is 6.21. The van der Waals surface area contributed by atoms with Crippen molar-refractivity contribution >= 4 is 17.7 Å². The molecule has 0 heterocycles. The number of carbonyl (C=O) groups excluding carboxylic acids is 1. The zero-order chi connectivity index (χ0) is 8.27. The molecule has 0 atom stereocenters. The van der Waals surface area contributed by atoms with Crippen molar-refractivity contribution in [1.82, 2.24) is 4.42 Å². The van der Waals surface area contributed by atoms with E-state index in [1.807, 2.05) is 0 Å². The van der Waals surface area contributed by atoms with Gasteiger partial charge in [0, 0.05) is 24.7 Å². The molecule has 64 valence electrons. The summed E-state index contributed by atoms with van der Waals surface area (Å²) < 4.78 is 1.36. The molecule has 0 N–H and O–H groups in total.